The molecule has 0 radical (unpaired) electrons. The molecule has 2 rings (SSSR count). The Kier molecular flexibility index (Phi) is 4.04. The highest BCUT2D eigenvalue weighted by atomic mass is 35.5. The lowest BCUT2D eigenvalue weighted by molar-refractivity contribution is 0.628. The molecule has 0 saturated carbocycles. The summed E-state index contributed by atoms with van der Waals surface area (Å²) >= 11 is 11.9. The number of aryl methyl sites for hydroxylation is 1. The average molecular weight is 285 g/mol. The topological polar surface area (TPSA) is 24.9 Å². The molecule has 2 nitrogen and oxygen atoms in total. The predicted octanol–water partition coefficient (Wildman–Crippen LogP) is 4.45. The van der Waals surface area contributed by atoms with Crippen molar-refractivity contribution >= 4 is 28.9 Å². The molecule has 94 valence electrons. The van der Waals surface area contributed by atoms with Crippen LogP contribution in [0.1, 0.15) is 11.1 Å². The van der Waals surface area contributed by atoms with Crippen molar-refractivity contribution in [3.8, 4) is 0 Å². The maximum atomic E-state index is 13.0. The lowest BCUT2D eigenvalue weighted by atomic mass is 10.1. The first-order valence-corrected chi connectivity index (χ1v) is 6.11. The van der Waals surface area contributed by atoms with E-state index in [4.69, 9.17) is 23.2 Å². The third-order valence-electron chi connectivity index (χ3n) is 2.61. The molecule has 0 atom stereocenters. The van der Waals surface area contributed by atoms with Crippen LogP contribution in [0.5, 0.6) is 0 Å². The van der Waals surface area contributed by atoms with E-state index in [0.29, 0.717) is 12.2 Å². The zero-order chi connectivity index (χ0) is 13.1. The summed E-state index contributed by atoms with van der Waals surface area (Å²) in [6.45, 7) is 2.53. The maximum Gasteiger partial charge on any atom is 0.126 e. The van der Waals surface area contributed by atoms with E-state index in [-0.39, 0.29) is 10.0 Å². The van der Waals surface area contributed by atoms with Crippen molar-refractivity contribution < 1.29 is 4.39 Å². The Labute approximate surface area is 115 Å². The van der Waals surface area contributed by atoms with Crippen LogP contribution in [-0.4, -0.2) is 4.98 Å². The molecule has 0 spiro atoms. The van der Waals surface area contributed by atoms with Crippen molar-refractivity contribution in [1.82, 2.24) is 4.98 Å². The molecule has 0 aliphatic heterocycles. The lowest BCUT2D eigenvalue weighted by Gasteiger charge is -2.11. The van der Waals surface area contributed by atoms with Gasteiger partial charge in [0.05, 0.1) is 15.7 Å². The van der Waals surface area contributed by atoms with Gasteiger partial charge in [-0.25, -0.2) is 4.39 Å². The first-order chi connectivity index (χ1) is 8.58. The second-order valence-corrected chi connectivity index (χ2v) is 4.71. The molecule has 1 N–H and O–H groups in total. The summed E-state index contributed by atoms with van der Waals surface area (Å²) in [5.74, 6) is -0.451. The summed E-state index contributed by atoms with van der Waals surface area (Å²) in [6, 6.07) is 4.38. The number of rotatable bonds is 3. The van der Waals surface area contributed by atoms with Crippen LogP contribution in [0.4, 0.5) is 10.1 Å². The minimum Gasteiger partial charge on any atom is -0.378 e. The van der Waals surface area contributed by atoms with Crippen molar-refractivity contribution in [1.29, 1.82) is 0 Å². The normalized spacial score (nSPS) is 10.4. The van der Waals surface area contributed by atoms with Crippen LogP contribution in [-0.2, 0) is 6.54 Å². The molecule has 0 aliphatic rings. The SMILES string of the molecule is Cc1ccncc1CNc1c(Cl)cc(F)cc1Cl. The van der Waals surface area contributed by atoms with Crippen LogP contribution in [0.3, 0.4) is 0 Å². The number of anilines is 1. The summed E-state index contributed by atoms with van der Waals surface area (Å²) in [7, 11) is 0. The Morgan fingerprint density at radius 3 is 2.56 bits per heavy atom. The van der Waals surface area contributed by atoms with Crippen molar-refractivity contribution in [2.45, 2.75) is 13.5 Å². The third-order valence-corrected chi connectivity index (χ3v) is 3.21. The van der Waals surface area contributed by atoms with Crippen LogP contribution in [0, 0.1) is 12.7 Å². The van der Waals surface area contributed by atoms with E-state index >= 15 is 0 Å². The molecule has 0 aliphatic carbocycles. The van der Waals surface area contributed by atoms with E-state index in [1.54, 1.807) is 12.4 Å². The highest BCUT2D eigenvalue weighted by molar-refractivity contribution is 6.39. The van der Waals surface area contributed by atoms with Gasteiger partial charge in [0, 0.05) is 18.9 Å². The van der Waals surface area contributed by atoms with Crippen LogP contribution in [0.2, 0.25) is 10.0 Å². The summed E-state index contributed by atoms with van der Waals surface area (Å²) in [5.41, 5.74) is 2.68. The molecular formula is C13H11Cl2FN2. The van der Waals surface area contributed by atoms with Crippen LogP contribution in [0.15, 0.2) is 30.6 Å². The van der Waals surface area contributed by atoms with Crippen LogP contribution < -0.4 is 5.32 Å². The summed E-state index contributed by atoms with van der Waals surface area (Å²) < 4.78 is 13.0. The van der Waals surface area contributed by atoms with E-state index in [1.807, 2.05) is 13.0 Å². The molecule has 0 bridgehead atoms. The summed E-state index contributed by atoms with van der Waals surface area (Å²) in [6.07, 6.45) is 3.50. The number of pyridine rings is 1. The second-order valence-electron chi connectivity index (χ2n) is 3.90. The highest BCUT2D eigenvalue weighted by Crippen LogP contribution is 2.31. The standard InChI is InChI=1S/C13H11Cl2FN2/c1-8-2-3-17-6-9(8)7-18-13-11(14)4-10(16)5-12(13)15/h2-6,18H,7H2,1H3. The van der Waals surface area contributed by atoms with Gasteiger partial charge in [0.15, 0.2) is 0 Å². The second kappa shape index (κ2) is 5.55. The fraction of sp³-hybridized carbons (Fsp3) is 0.154. The molecule has 0 fully saturated rings. The van der Waals surface area contributed by atoms with Crippen molar-refractivity contribution in [3.63, 3.8) is 0 Å². The number of nitrogens with zero attached hydrogens (tertiary/aromatic N) is 1. The molecule has 1 aromatic carbocycles. The quantitative estimate of drug-likeness (QED) is 0.901. The van der Waals surface area contributed by atoms with Gasteiger partial charge in [-0.15, -0.1) is 0 Å². The van der Waals surface area contributed by atoms with Gasteiger partial charge in [-0.2, -0.15) is 0 Å². The minimum atomic E-state index is -0.451. The van der Waals surface area contributed by atoms with E-state index in [9.17, 15) is 4.39 Å². The Balaban J connectivity index is 2.19. The van der Waals surface area contributed by atoms with Crippen molar-refractivity contribution in [2.24, 2.45) is 0 Å². The Morgan fingerprint density at radius 2 is 1.94 bits per heavy atom. The largest absolute Gasteiger partial charge is 0.378 e. The lowest BCUT2D eigenvalue weighted by Crippen LogP contribution is -2.03. The van der Waals surface area contributed by atoms with Gasteiger partial charge in [0.1, 0.15) is 5.82 Å². The average Bonchev–Trinajstić information content (AvgIpc) is 2.30. The van der Waals surface area contributed by atoms with Gasteiger partial charge in [-0.1, -0.05) is 23.2 Å². The predicted molar refractivity (Wildman–Crippen MR) is 72.7 cm³/mol. The van der Waals surface area contributed by atoms with Gasteiger partial charge in [-0.05, 0) is 36.2 Å². The third kappa shape index (κ3) is 2.92. The number of nitrogens with one attached hydrogen (secondary N) is 1. The fourth-order valence-corrected chi connectivity index (χ4v) is 2.17. The van der Waals surface area contributed by atoms with Crippen molar-refractivity contribution in [3.05, 3.63) is 57.6 Å². The summed E-state index contributed by atoms with van der Waals surface area (Å²) in [5, 5.41) is 3.63. The van der Waals surface area contributed by atoms with Crippen molar-refractivity contribution in [2.75, 3.05) is 5.32 Å². The van der Waals surface area contributed by atoms with E-state index < -0.39 is 5.82 Å². The molecule has 1 aromatic heterocycles. The van der Waals surface area contributed by atoms with Gasteiger partial charge < -0.3 is 5.32 Å². The molecule has 0 saturated heterocycles. The number of halogens is 3. The molecule has 0 unspecified atom stereocenters. The molecular weight excluding hydrogens is 274 g/mol. The van der Waals surface area contributed by atoms with Crippen LogP contribution in [0.25, 0.3) is 0 Å². The number of hydrogen-bond donors (Lipinski definition) is 1. The summed E-state index contributed by atoms with van der Waals surface area (Å²) in [4.78, 5) is 4.05. The zero-order valence-corrected chi connectivity index (χ0v) is 11.2. The maximum absolute atomic E-state index is 13.0. The molecule has 2 aromatic rings. The molecule has 18 heavy (non-hydrogen) atoms. The molecule has 1 heterocycles. The number of hydrogen-bond acceptors (Lipinski definition) is 2. The first-order valence-electron chi connectivity index (χ1n) is 5.36. The number of aromatic nitrogens is 1. The van der Waals surface area contributed by atoms with Gasteiger partial charge in [0.2, 0.25) is 0 Å². The Morgan fingerprint density at radius 1 is 1.28 bits per heavy atom. The highest BCUT2D eigenvalue weighted by Gasteiger charge is 2.08. The number of benzene rings is 1. The first kappa shape index (κ1) is 13.1. The van der Waals surface area contributed by atoms with Gasteiger partial charge in [-0.3, -0.25) is 4.98 Å². The van der Waals surface area contributed by atoms with Crippen LogP contribution >= 0.6 is 23.2 Å². The van der Waals surface area contributed by atoms with E-state index in [0.717, 1.165) is 11.1 Å². The molecule has 0 amide bonds. The smallest absolute Gasteiger partial charge is 0.126 e. The Hall–Kier alpha value is -1.32. The van der Waals surface area contributed by atoms with Gasteiger partial charge in [0.25, 0.3) is 0 Å². The Bertz CT molecular complexity index is 550. The fourth-order valence-electron chi connectivity index (χ4n) is 1.58. The monoisotopic (exact) mass is 284 g/mol. The zero-order valence-electron chi connectivity index (χ0n) is 9.67. The van der Waals surface area contributed by atoms with Gasteiger partial charge >= 0.3 is 0 Å². The van der Waals surface area contributed by atoms with E-state index in [1.165, 1.54) is 12.1 Å². The minimum absolute atomic E-state index is 0.265. The molecule has 5 heteroatoms. The van der Waals surface area contributed by atoms with E-state index in [2.05, 4.69) is 10.3 Å².